The number of aromatic nitrogens is 1. The number of hydrogen-bond donors (Lipinski definition) is 1. The summed E-state index contributed by atoms with van der Waals surface area (Å²) in [6.45, 7) is -1.69. The van der Waals surface area contributed by atoms with Crippen molar-refractivity contribution in [1.82, 2.24) is 20.1 Å². The van der Waals surface area contributed by atoms with E-state index in [2.05, 4.69) is 27.3 Å². The number of fused-ring (bicyclic) bond motifs is 2. The van der Waals surface area contributed by atoms with E-state index in [4.69, 9.17) is 4.74 Å². The average Bonchev–Trinajstić information content (AvgIpc) is 3.05. The number of rotatable bonds is 10. The van der Waals surface area contributed by atoms with Gasteiger partial charge in [0, 0.05) is 30.7 Å². The Balaban J connectivity index is 1.48. The molecule has 3 aromatic carbocycles. The summed E-state index contributed by atoms with van der Waals surface area (Å²) >= 11 is 0. The summed E-state index contributed by atoms with van der Waals surface area (Å²) in [7, 11) is 5.08. The van der Waals surface area contributed by atoms with Gasteiger partial charge in [-0.05, 0) is 90.9 Å². The maximum Gasteiger partial charge on any atom is 0.403 e. The Morgan fingerprint density at radius 1 is 0.959 bits per heavy atom. The lowest BCUT2D eigenvalue weighted by molar-refractivity contribution is -0.236. The monoisotopic (exact) mass is 688 g/mol. The molecule has 1 atom stereocenters. The van der Waals surface area contributed by atoms with E-state index < -0.39 is 68.2 Å². The van der Waals surface area contributed by atoms with Crippen molar-refractivity contribution in [3.8, 4) is 11.1 Å². The first kappa shape index (κ1) is 36.1. The third kappa shape index (κ3) is 7.99. The molecule has 49 heavy (non-hydrogen) atoms. The van der Waals surface area contributed by atoms with E-state index in [9.17, 15) is 35.9 Å². The summed E-state index contributed by atoms with van der Waals surface area (Å²) in [6.07, 6.45) is -7.23. The number of halogens is 6. The van der Waals surface area contributed by atoms with Crippen LogP contribution in [-0.4, -0.2) is 92.4 Å². The number of carbonyl (C=O) groups excluding carboxylic acids is 2. The molecule has 1 fully saturated rings. The summed E-state index contributed by atoms with van der Waals surface area (Å²) in [5, 5.41) is 5.79. The molecule has 0 spiro atoms. The zero-order valence-corrected chi connectivity index (χ0v) is 27.4. The van der Waals surface area contributed by atoms with Crippen molar-refractivity contribution in [3.05, 3.63) is 78.1 Å². The van der Waals surface area contributed by atoms with E-state index in [0.29, 0.717) is 5.56 Å². The number of amides is 1. The molecule has 2 heterocycles. The van der Waals surface area contributed by atoms with Crippen molar-refractivity contribution < 1.29 is 40.7 Å². The van der Waals surface area contributed by atoms with E-state index in [1.807, 2.05) is 44.4 Å². The van der Waals surface area contributed by atoms with Gasteiger partial charge >= 0.3 is 18.3 Å². The number of ether oxygens (including phenoxy) is 1. The van der Waals surface area contributed by atoms with Crippen LogP contribution in [0.15, 0.2) is 67.0 Å². The van der Waals surface area contributed by atoms with E-state index >= 15 is 0 Å². The maximum atomic E-state index is 14.5. The zero-order chi connectivity index (χ0) is 35.6. The number of pyridine rings is 1. The second-order valence-electron chi connectivity index (χ2n) is 12.8. The third-order valence-corrected chi connectivity index (χ3v) is 9.27. The Kier molecular flexibility index (Phi) is 10.5. The van der Waals surface area contributed by atoms with Crippen LogP contribution in [0.1, 0.15) is 24.0 Å². The quantitative estimate of drug-likeness (QED) is 0.150. The highest BCUT2D eigenvalue weighted by atomic mass is 19.4. The van der Waals surface area contributed by atoms with Gasteiger partial charge in [-0.2, -0.15) is 26.3 Å². The fraction of sp³-hybridized carbons (Fsp3) is 0.417. The van der Waals surface area contributed by atoms with Gasteiger partial charge in [-0.3, -0.25) is 14.7 Å². The van der Waals surface area contributed by atoms with Gasteiger partial charge in [0.2, 0.25) is 5.91 Å². The summed E-state index contributed by atoms with van der Waals surface area (Å²) in [5.74, 6) is -2.41. The Hall–Kier alpha value is -4.23. The third-order valence-electron chi connectivity index (χ3n) is 9.27. The lowest BCUT2D eigenvalue weighted by Crippen LogP contribution is -2.59. The smallest absolute Gasteiger partial charge is 0.403 e. The Morgan fingerprint density at radius 2 is 1.65 bits per heavy atom. The number of nitrogens with one attached hydrogen (secondary N) is 1. The molecule has 0 unspecified atom stereocenters. The van der Waals surface area contributed by atoms with Crippen LogP contribution < -0.4 is 5.32 Å². The molecule has 1 aliphatic heterocycles. The summed E-state index contributed by atoms with van der Waals surface area (Å²) < 4.78 is 87.1. The molecule has 0 aliphatic carbocycles. The molecule has 0 bridgehead atoms. The van der Waals surface area contributed by atoms with Crippen LogP contribution in [-0.2, 0) is 27.2 Å². The van der Waals surface area contributed by atoms with Gasteiger partial charge in [0.1, 0.15) is 11.5 Å². The van der Waals surface area contributed by atoms with Crippen molar-refractivity contribution in [2.45, 2.75) is 44.1 Å². The first-order valence-electron chi connectivity index (χ1n) is 15.9. The van der Waals surface area contributed by atoms with Crippen LogP contribution in [0.5, 0.6) is 0 Å². The second kappa shape index (κ2) is 14.3. The fourth-order valence-corrected chi connectivity index (χ4v) is 6.61. The predicted octanol–water partition coefficient (Wildman–Crippen LogP) is 6.57. The minimum atomic E-state index is -5.06. The average molecular weight is 689 g/mol. The molecule has 7 nitrogen and oxygen atoms in total. The molecule has 4 aromatic rings. The number of benzene rings is 3. The minimum absolute atomic E-state index is 0.182. The predicted molar refractivity (Wildman–Crippen MR) is 175 cm³/mol. The molecule has 5 rings (SSSR count). The van der Waals surface area contributed by atoms with Crippen molar-refractivity contribution >= 4 is 33.4 Å². The van der Waals surface area contributed by atoms with Crippen molar-refractivity contribution in [1.29, 1.82) is 0 Å². The molecule has 1 N–H and O–H groups in total. The van der Waals surface area contributed by atoms with Crippen LogP contribution in [0.25, 0.3) is 32.7 Å². The van der Waals surface area contributed by atoms with Crippen LogP contribution >= 0.6 is 0 Å². The molecule has 1 saturated heterocycles. The van der Waals surface area contributed by atoms with Crippen molar-refractivity contribution in [3.63, 3.8) is 0 Å². The number of hydrogen-bond acceptors (Lipinski definition) is 6. The van der Waals surface area contributed by atoms with E-state index in [0.717, 1.165) is 63.2 Å². The van der Waals surface area contributed by atoms with Gasteiger partial charge in [0.15, 0.2) is 0 Å². The standard InChI is InChI=1S/C36H38F6N4O3/c1-45(2)15-11-23-18-25-10-14-43-21-30(25)29(19-23)28-9-5-7-26-24(6-4-8-27(26)28)20-31(32(47)49-3)44-33(48)34(36(40,41)42)12-16-46(17-13-34)22-35(37,38)39/h4-10,14,18-19,21,31H,11-13,15-17,20,22H2,1-3H3,(H,44,48)/t31-/m0/s1. The zero-order valence-electron chi connectivity index (χ0n) is 27.4. The summed E-state index contributed by atoms with van der Waals surface area (Å²) in [6, 6.07) is 15.8. The highest BCUT2D eigenvalue weighted by molar-refractivity contribution is 6.06. The molecule has 1 amide bonds. The number of carbonyl (C=O) groups is 2. The summed E-state index contributed by atoms with van der Waals surface area (Å²) in [5.41, 5.74) is 0.599. The lowest BCUT2D eigenvalue weighted by Gasteiger charge is -2.42. The molecule has 1 aliphatic rings. The Labute approximate surface area is 280 Å². The van der Waals surface area contributed by atoms with Gasteiger partial charge in [0.05, 0.1) is 13.7 Å². The van der Waals surface area contributed by atoms with Crippen LogP contribution in [0.2, 0.25) is 0 Å². The SMILES string of the molecule is COC(=O)[C@H](Cc1cccc2c(-c3cc(CCN(C)C)cc4ccncc34)cccc12)NC(=O)C1(C(F)(F)F)CCN(CC(F)(F)F)CC1. The molecule has 262 valence electrons. The number of alkyl halides is 6. The fourth-order valence-electron chi connectivity index (χ4n) is 6.61. The van der Waals surface area contributed by atoms with Gasteiger partial charge in [-0.1, -0.05) is 48.5 Å². The topological polar surface area (TPSA) is 74.8 Å². The first-order chi connectivity index (χ1) is 23.1. The Morgan fingerprint density at radius 3 is 2.31 bits per heavy atom. The van der Waals surface area contributed by atoms with Crippen LogP contribution in [0.3, 0.4) is 0 Å². The minimum Gasteiger partial charge on any atom is -0.467 e. The Bertz CT molecular complexity index is 1820. The number of piperidine rings is 1. The highest BCUT2D eigenvalue weighted by Crippen LogP contribution is 2.47. The molecule has 0 radical (unpaired) electrons. The van der Waals surface area contributed by atoms with Gasteiger partial charge < -0.3 is 15.0 Å². The van der Waals surface area contributed by atoms with Crippen molar-refractivity contribution in [2.75, 3.05) is 47.4 Å². The number of likely N-dealkylation sites (tertiary alicyclic amines) is 1. The number of nitrogens with zero attached hydrogens (tertiary/aromatic N) is 3. The van der Waals surface area contributed by atoms with E-state index in [1.54, 1.807) is 24.5 Å². The molecular formula is C36H38F6N4O3. The van der Waals surface area contributed by atoms with Gasteiger partial charge in [-0.25, -0.2) is 4.79 Å². The normalized spacial score (nSPS) is 16.2. The molecule has 1 aromatic heterocycles. The summed E-state index contributed by atoms with van der Waals surface area (Å²) in [4.78, 5) is 33.7. The molecular weight excluding hydrogens is 650 g/mol. The molecule has 13 heteroatoms. The highest BCUT2D eigenvalue weighted by Gasteiger charge is 2.61. The van der Waals surface area contributed by atoms with Crippen LogP contribution in [0, 0.1) is 5.41 Å². The van der Waals surface area contributed by atoms with E-state index in [1.165, 1.54) is 0 Å². The van der Waals surface area contributed by atoms with Gasteiger partial charge in [0.25, 0.3) is 0 Å². The molecule has 0 saturated carbocycles. The number of esters is 1. The van der Waals surface area contributed by atoms with Crippen LogP contribution in [0.4, 0.5) is 26.3 Å². The number of likely N-dealkylation sites (N-methyl/N-ethyl adjacent to an activating group) is 1. The van der Waals surface area contributed by atoms with Crippen molar-refractivity contribution in [2.24, 2.45) is 5.41 Å². The number of methoxy groups -OCH3 is 1. The largest absolute Gasteiger partial charge is 0.467 e. The second-order valence-corrected chi connectivity index (χ2v) is 12.8. The van der Waals surface area contributed by atoms with Gasteiger partial charge in [-0.15, -0.1) is 0 Å². The maximum absolute atomic E-state index is 14.5. The first-order valence-corrected chi connectivity index (χ1v) is 15.9. The lowest BCUT2D eigenvalue weighted by atomic mass is 9.76. The van der Waals surface area contributed by atoms with E-state index in [-0.39, 0.29) is 6.42 Å².